The highest BCUT2D eigenvalue weighted by Gasteiger charge is 2.12. The Balaban J connectivity index is 1.67. The number of hydrogen-bond acceptors (Lipinski definition) is 1. The number of hydrogen-bond donors (Lipinski definition) is 0. The summed E-state index contributed by atoms with van der Waals surface area (Å²) in [7, 11) is 0. The fourth-order valence-corrected chi connectivity index (χ4v) is 3.28. The molecular formula is C24H27N. The van der Waals surface area contributed by atoms with E-state index in [0.717, 1.165) is 26.1 Å². The topological polar surface area (TPSA) is 3.24 Å². The largest absolute Gasteiger partial charge is 0.298 e. The van der Waals surface area contributed by atoms with Crippen LogP contribution in [0.3, 0.4) is 0 Å². The highest BCUT2D eigenvalue weighted by Crippen LogP contribution is 2.18. The van der Waals surface area contributed by atoms with Gasteiger partial charge < -0.3 is 0 Å². The van der Waals surface area contributed by atoms with E-state index in [2.05, 4.69) is 103 Å². The van der Waals surface area contributed by atoms with Gasteiger partial charge in [0.2, 0.25) is 0 Å². The molecule has 0 aliphatic rings. The molecule has 0 amide bonds. The third kappa shape index (κ3) is 5.58. The van der Waals surface area contributed by atoms with Crippen molar-refractivity contribution in [3.63, 3.8) is 0 Å². The molecule has 0 fully saturated rings. The van der Waals surface area contributed by atoms with Crippen molar-refractivity contribution >= 4 is 0 Å². The van der Waals surface area contributed by atoms with Crippen LogP contribution in [0.4, 0.5) is 0 Å². The van der Waals surface area contributed by atoms with Crippen LogP contribution in [0.2, 0.25) is 0 Å². The van der Waals surface area contributed by atoms with Gasteiger partial charge in [-0.3, -0.25) is 4.90 Å². The number of rotatable bonds is 8. The second-order valence-electron chi connectivity index (χ2n) is 6.77. The Morgan fingerprint density at radius 3 is 1.80 bits per heavy atom. The highest BCUT2D eigenvalue weighted by atomic mass is 15.1. The Morgan fingerprint density at radius 1 is 0.680 bits per heavy atom. The molecule has 1 heteroatoms. The maximum atomic E-state index is 2.58. The third-order valence-corrected chi connectivity index (χ3v) is 4.71. The molecule has 0 aliphatic heterocycles. The fraction of sp³-hybridized carbons (Fsp3) is 0.250. The van der Waals surface area contributed by atoms with E-state index in [9.17, 15) is 0 Å². The van der Waals surface area contributed by atoms with E-state index in [4.69, 9.17) is 0 Å². The molecule has 25 heavy (non-hydrogen) atoms. The van der Waals surface area contributed by atoms with E-state index in [1.807, 2.05) is 0 Å². The minimum absolute atomic E-state index is 0.528. The van der Waals surface area contributed by atoms with Crippen molar-refractivity contribution in [1.82, 2.24) is 4.90 Å². The first-order valence-corrected chi connectivity index (χ1v) is 9.16. The molecule has 0 bridgehead atoms. The molecule has 128 valence electrons. The van der Waals surface area contributed by atoms with Gasteiger partial charge in [-0.15, -0.1) is 0 Å². The van der Waals surface area contributed by atoms with Crippen molar-refractivity contribution in [1.29, 1.82) is 0 Å². The van der Waals surface area contributed by atoms with Crippen LogP contribution < -0.4 is 0 Å². The first-order chi connectivity index (χ1) is 12.3. The smallest absolute Gasteiger partial charge is 0.0234 e. The van der Waals surface area contributed by atoms with Crippen molar-refractivity contribution in [2.45, 2.75) is 25.8 Å². The monoisotopic (exact) mass is 329 g/mol. The normalized spacial score (nSPS) is 12.2. The first-order valence-electron chi connectivity index (χ1n) is 9.16. The summed E-state index contributed by atoms with van der Waals surface area (Å²) < 4.78 is 0. The molecule has 1 nitrogen and oxygen atoms in total. The van der Waals surface area contributed by atoms with Crippen LogP contribution in [-0.2, 0) is 13.0 Å². The van der Waals surface area contributed by atoms with Gasteiger partial charge in [0.1, 0.15) is 0 Å². The molecule has 0 aliphatic carbocycles. The first kappa shape index (κ1) is 17.4. The lowest BCUT2D eigenvalue weighted by Crippen LogP contribution is -2.29. The van der Waals surface area contributed by atoms with Gasteiger partial charge in [0.05, 0.1) is 0 Å². The fourth-order valence-electron chi connectivity index (χ4n) is 3.28. The van der Waals surface area contributed by atoms with Crippen LogP contribution in [0.1, 0.15) is 29.5 Å². The molecule has 0 heterocycles. The molecule has 0 saturated heterocycles. The third-order valence-electron chi connectivity index (χ3n) is 4.71. The van der Waals surface area contributed by atoms with Crippen molar-refractivity contribution in [2.75, 3.05) is 13.1 Å². The Bertz CT molecular complexity index is 722. The average molecular weight is 329 g/mol. The number of benzene rings is 3. The lowest BCUT2D eigenvalue weighted by Gasteiger charge is -2.26. The summed E-state index contributed by atoms with van der Waals surface area (Å²) >= 11 is 0. The summed E-state index contributed by atoms with van der Waals surface area (Å²) in [6.45, 7) is 5.49. The van der Waals surface area contributed by atoms with E-state index in [1.54, 1.807) is 0 Å². The van der Waals surface area contributed by atoms with Gasteiger partial charge in [0.25, 0.3) is 0 Å². The van der Waals surface area contributed by atoms with Crippen LogP contribution >= 0.6 is 0 Å². The molecule has 0 aromatic heterocycles. The van der Waals surface area contributed by atoms with Crippen LogP contribution in [-0.4, -0.2) is 18.0 Å². The Labute approximate surface area is 151 Å². The molecule has 0 saturated carbocycles. The SMILES string of the molecule is C[C@@H](CN(CCc1ccccc1)Cc1ccccc1)c1ccccc1. The van der Waals surface area contributed by atoms with E-state index in [1.165, 1.54) is 16.7 Å². The molecule has 0 spiro atoms. The summed E-state index contributed by atoms with van der Waals surface area (Å²) in [5.41, 5.74) is 4.21. The van der Waals surface area contributed by atoms with Crippen LogP contribution in [0.15, 0.2) is 91.0 Å². The lowest BCUT2D eigenvalue weighted by atomic mass is 10.00. The summed E-state index contributed by atoms with van der Waals surface area (Å²) in [4.78, 5) is 2.58. The minimum Gasteiger partial charge on any atom is -0.298 e. The van der Waals surface area contributed by atoms with Gasteiger partial charge in [-0.05, 0) is 29.0 Å². The second kappa shape index (κ2) is 9.19. The predicted molar refractivity (Wildman–Crippen MR) is 107 cm³/mol. The summed E-state index contributed by atoms with van der Waals surface area (Å²) in [6, 6.07) is 32.4. The molecule has 0 N–H and O–H groups in total. The molecule has 1 atom stereocenters. The van der Waals surface area contributed by atoms with Crippen molar-refractivity contribution in [3.8, 4) is 0 Å². The van der Waals surface area contributed by atoms with Crippen LogP contribution in [0.25, 0.3) is 0 Å². The molecular weight excluding hydrogens is 302 g/mol. The standard InChI is InChI=1S/C24H27N/c1-21(24-15-9-4-10-16-24)19-25(20-23-13-7-3-8-14-23)18-17-22-11-5-2-6-12-22/h2-16,21H,17-20H2,1H3/t21-/m0/s1. The molecule has 0 unspecified atom stereocenters. The lowest BCUT2D eigenvalue weighted by molar-refractivity contribution is 0.255. The molecule has 3 aromatic carbocycles. The van der Waals surface area contributed by atoms with Crippen LogP contribution in [0, 0.1) is 0 Å². The van der Waals surface area contributed by atoms with Gasteiger partial charge in [-0.25, -0.2) is 0 Å². The van der Waals surface area contributed by atoms with Crippen LogP contribution in [0.5, 0.6) is 0 Å². The summed E-state index contributed by atoms with van der Waals surface area (Å²) in [5, 5.41) is 0. The van der Waals surface area contributed by atoms with Gasteiger partial charge in [-0.2, -0.15) is 0 Å². The van der Waals surface area contributed by atoms with E-state index >= 15 is 0 Å². The Kier molecular flexibility index (Phi) is 6.42. The minimum atomic E-state index is 0.528. The van der Waals surface area contributed by atoms with Gasteiger partial charge in [-0.1, -0.05) is 97.9 Å². The van der Waals surface area contributed by atoms with Crippen molar-refractivity contribution < 1.29 is 0 Å². The Morgan fingerprint density at radius 2 is 1.20 bits per heavy atom. The second-order valence-corrected chi connectivity index (χ2v) is 6.77. The Hall–Kier alpha value is -2.38. The van der Waals surface area contributed by atoms with Gasteiger partial charge >= 0.3 is 0 Å². The van der Waals surface area contributed by atoms with Crippen molar-refractivity contribution in [2.24, 2.45) is 0 Å². The zero-order chi connectivity index (χ0) is 17.3. The van der Waals surface area contributed by atoms with E-state index in [0.29, 0.717) is 5.92 Å². The van der Waals surface area contributed by atoms with E-state index < -0.39 is 0 Å². The van der Waals surface area contributed by atoms with E-state index in [-0.39, 0.29) is 0 Å². The molecule has 3 rings (SSSR count). The molecule has 3 aromatic rings. The maximum Gasteiger partial charge on any atom is 0.0234 e. The van der Waals surface area contributed by atoms with Gasteiger partial charge in [0.15, 0.2) is 0 Å². The highest BCUT2D eigenvalue weighted by molar-refractivity contribution is 5.20. The zero-order valence-electron chi connectivity index (χ0n) is 15.0. The quantitative estimate of drug-likeness (QED) is 0.525. The average Bonchev–Trinajstić information content (AvgIpc) is 2.68. The van der Waals surface area contributed by atoms with Crippen molar-refractivity contribution in [3.05, 3.63) is 108 Å². The summed E-state index contributed by atoms with van der Waals surface area (Å²) in [6.07, 6.45) is 1.09. The number of nitrogens with zero attached hydrogens (tertiary/aromatic N) is 1. The predicted octanol–water partition coefficient (Wildman–Crippen LogP) is 5.54. The van der Waals surface area contributed by atoms with Gasteiger partial charge in [0, 0.05) is 19.6 Å². The molecule has 0 radical (unpaired) electrons. The maximum absolute atomic E-state index is 2.58. The zero-order valence-corrected chi connectivity index (χ0v) is 15.0. The summed E-state index contributed by atoms with van der Waals surface area (Å²) in [5.74, 6) is 0.528.